The van der Waals surface area contributed by atoms with E-state index in [-0.39, 0.29) is 11.9 Å². The molecule has 0 bridgehead atoms. The minimum atomic E-state index is -0.234. The van der Waals surface area contributed by atoms with Crippen molar-refractivity contribution in [3.8, 4) is 0 Å². The fourth-order valence-corrected chi connectivity index (χ4v) is 2.00. The summed E-state index contributed by atoms with van der Waals surface area (Å²) < 4.78 is 19.6. The first-order valence-corrected chi connectivity index (χ1v) is 5.85. The molecule has 1 unspecified atom stereocenters. The molecule has 1 saturated heterocycles. The summed E-state index contributed by atoms with van der Waals surface area (Å²) >= 11 is 3.22. The lowest BCUT2D eigenvalue weighted by Crippen LogP contribution is -2.18. The Morgan fingerprint density at radius 1 is 1.53 bits per heavy atom. The molecule has 1 aliphatic heterocycles. The molecule has 0 aromatic heterocycles. The molecule has 0 aliphatic carbocycles. The van der Waals surface area contributed by atoms with E-state index in [9.17, 15) is 4.39 Å². The van der Waals surface area contributed by atoms with Crippen LogP contribution in [0.2, 0.25) is 0 Å². The van der Waals surface area contributed by atoms with Gasteiger partial charge in [0.1, 0.15) is 5.82 Å². The lowest BCUT2D eigenvalue weighted by Gasteiger charge is -2.12. The van der Waals surface area contributed by atoms with Crippen LogP contribution in [0.1, 0.15) is 12.8 Å². The van der Waals surface area contributed by atoms with E-state index in [1.165, 1.54) is 6.07 Å². The highest BCUT2D eigenvalue weighted by molar-refractivity contribution is 9.10. The van der Waals surface area contributed by atoms with Gasteiger partial charge in [-0.2, -0.15) is 0 Å². The highest BCUT2D eigenvalue weighted by Crippen LogP contribution is 2.20. The minimum absolute atomic E-state index is 0.230. The van der Waals surface area contributed by atoms with Crippen LogP contribution >= 0.6 is 15.9 Å². The van der Waals surface area contributed by atoms with E-state index in [1.54, 1.807) is 6.07 Å². The summed E-state index contributed by atoms with van der Waals surface area (Å²) in [6.07, 6.45) is 2.40. The van der Waals surface area contributed by atoms with Crippen molar-refractivity contribution in [1.82, 2.24) is 0 Å². The number of anilines is 1. The third-order valence-corrected chi connectivity index (χ3v) is 2.97. The molecule has 0 radical (unpaired) electrons. The lowest BCUT2D eigenvalue weighted by molar-refractivity contribution is 0.120. The van der Waals surface area contributed by atoms with Gasteiger partial charge in [0.2, 0.25) is 0 Å². The maximum Gasteiger partial charge on any atom is 0.147 e. The van der Waals surface area contributed by atoms with E-state index in [2.05, 4.69) is 21.2 Å². The summed E-state index contributed by atoms with van der Waals surface area (Å²) in [5, 5.41) is 3.06. The first-order chi connectivity index (χ1) is 7.25. The van der Waals surface area contributed by atoms with Gasteiger partial charge in [-0.1, -0.05) is 15.9 Å². The van der Waals surface area contributed by atoms with E-state index in [0.29, 0.717) is 12.2 Å². The normalized spacial score (nSPS) is 20.5. The highest BCUT2D eigenvalue weighted by Gasteiger charge is 2.15. The van der Waals surface area contributed by atoms with Gasteiger partial charge in [0.25, 0.3) is 0 Å². The van der Waals surface area contributed by atoms with Crippen molar-refractivity contribution in [3.63, 3.8) is 0 Å². The van der Waals surface area contributed by atoms with Gasteiger partial charge in [-0.05, 0) is 31.0 Å². The van der Waals surface area contributed by atoms with E-state index < -0.39 is 0 Å². The summed E-state index contributed by atoms with van der Waals surface area (Å²) in [6, 6.07) is 5.01. The second-order valence-electron chi connectivity index (χ2n) is 3.64. The summed E-state index contributed by atoms with van der Waals surface area (Å²) in [7, 11) is 0. The minimum Gasteiger partial charge on any atom is -0.380 e. The molecule has 1 N–H and O–H groups in total. The molecule has 2 rings (SSSR count). The zero-order chi connectivity index (χ0) is 10.7. The average Bonchev–Trinajstić information content (AvgIpc) is 2.69. The monoisotopic (exact) mass is 273 g/mol. The molecule has 1 aromatic carbocycles. The largest absolute Gasteiger partial charge is 0.380 e. The van der Waals surface area contributed by atoms with Crippen LogP contribution in [-0.4, -0.2) is 19.3 Å². The molecule has 2 nitrogen and oxygen atoms in total. The Kier molecular flexibility index (Phi) is 3.59. The number of halogens is 2. The van der Waals surface area contributed by atoms with E-state index in [1.807, 2.05) is 6.07 Å². The quantitative estimate of drug-likeness (QED) is 0.914. The summed E-state index contributed by atoms with van der Waals surface area (Å²) in [6.45, 7) is 1.51. The Balaban J connectivity index is 1.92. The SMILES string of the molecule is Fc1cc(Br)ccc1NCC1CCCO1. The third kappa shape index (κ3) is 2.92. The Hall–Kier alpha value is -0.610. The standard InChI is InChI=1S/C11H13BrFNO/c12-8-3-4-11(10(13)6-8)14-7-9-2-1-5-15-9/h3-4,6,9,14H,1-2,5,7H2. The Morgan fingerprint density at radius 2 is 2.40 bits per heavy atom. The van der Waals surface area contributed by atoms with Gasteiger partial charge in [-0.3, -0.25) is 0 Å². The van der Waals surface area contributed by atoms with Crippen LogP contribution in [0.4, 0.5) is 10.1 Å². The molecule has 82 valence electrons. The van der Waals surface area contributed by atoms with Crippen molar-refractivity contribution in [2.24, 2.45) is 0 Å². The van der Waals surface area contributed by atoms with Gasteiger partial charge in [0.15, 0.2) is 0 Å². The fraction of sp³-hybridized carbons (Fsp3) is 0.455. The third-order valence-electron chi connectivity index (χ3n) is 2.48. The Labute approximate surface area is 96.9 Å². The van der Waals surface area contributed by atoms with Crippen molar-refractivity contribution in [2.45, 2.75) is 18.9 Å². The van der Waals surface area contributed by atoms with Crippen LogP contribution < -0.4 is 5.32 Å². The van der Waals surface area contributed by atoms with Crippen molar-refractivity contribution >= 4 is 21.6 Å². The molecule has 1 heterocycles. The van der Waals surface area contributed by atoms with E-state index in [0.717, 1.165) is 23.9 Å². The van der Waals surface area contributed by atoms with Crippen molar-refractivity contribution in [3.05, 3.63) is 28.5 Å². The maximum absolute atomic E-state index is 13.4. The molecule has 1 fully saturated rings. The first kappa shape index (κ1) is 10.9. The molecule has 0 amide bonds. The predicted molar refractivity (Wildman–Crippen MR) is 61.6 cm³/mol. The number of nitrogens with one attached hydrogen (secondary N) is 1. The highest BCUT2D eigenvalue weighted by atomic mass is 79.9. The Bertz CT molecular complexity index is 339. The molecule has 0 spiro atoms. The number of hydrogen-bond acceptors (Lipinski definition) is 2. The topological polar surface area (TPSA) is 21.3 Å². The molecule has 1 atom stereocenters. The summed E-state index contributed by atoms with van der Waals surface area (Å²) in [5.41, 5.74) is 0.536. The molecular weight excluding hydrogens is 261 g/mol. The van der Waals surface area contributed by atoms with Crippen LogP contribution in [0, 0.1) is 5.82 Å². The van der Waals surface area contributed by atoms with Crippen LogP contribution in [0.25, 0.3) is 0 Å². The second-order valence-corrected chi connectivity index (χ2v) is 4.56. The van der Waals surface area contributed by atoms with Crippen LogP contribution in [0.15, 0.2) is 22.7 Å². The van der Waals surface area contributed by atoms with Gasteiger partial charge in [0.05, 0.1) is 11.8 Å². The van der Waals surface area contributed by atoms with Crippen molar-refractivity contribution in [2.75, 3.05) is 18.5 Å². The molecule has 0 saturated carbocycles. The second kappa shape index (κ2) is 4.94. The zero-order valence-corrected chi connectivity index (χ0v) is 9.89. The van der Waals surface area contributed by atoms with Crippen LogP contribution in [-0.2, 0) is 4.74 Å². The van der Waals surface area contributed by atoms with Crippen LogP contribution in [0.3, 0.4) is 0 Å². The molecule has 15 heavy (non-hydrogen) atoms. The molecule has 1 aromatic rings. The van der Waals surface area contributed by atoms with E-state index >= 15 is 0 Å². The number of rotatable bonds is 3. The Morgan fingerprint density at radius 3 is 3.07 bits per heavy atom. The van der Waals surface area contributed by atoms with Crippen molar-refractivity contribution < 1.29 is 9.13 Å². The van der Waals surface area contributed by atoms with Crippen molar-refractivity contribution in [1.29, 1.82) is 0 Å². The fourth-order valence-electron chi connectivity index (χ4n) is 1.66. The van der Waals surface area contributed by atoms with Gasteiger partial charge in [-0.25, -0.2) is 4.39 Å². The smallest absolute Gasteiger partial charge is 0.147 e. The average molecular weight is 274 g/mol. The first-order valence-electron chi connectivity index (χ1n) is 5.06. The molecule has 4 heteroatoms. The van der Waals surface area contributed by atoms with Gasteiger partial charge in [-0.15, -0.1) is 0 Å². The summed E-state index contributed by atoms with van der Waals surface area (Å²) in [5.74, 6) is -0.234. The predicted octanol–water partition coefficient (Wildman–Crippen LogP) is 3.18. The number of benzene rings is 1. The van der Waals surface area contributed by atoms with E-state index in [4.69, 9.17) is 4.74 Å². The number of hydrogen-bond donors (Lipinski definition) is 1. The maximum atomic E-state index is 13.4. The molecule has 1 aliphatic rings. The summed E-state index contributed by atoms with van der Waals surface area (Å²) in [4.78, 5) is 0. The lowest BCUT2D eigenvalue weighted by atomic mass is 10.2. The van der Waals surface area contributed by atoms with Gasteiger partial charge < -0.3 is 10.1 Å². The van der Waals surface area contributed by atoms with Gasteiger partial charge in [0, 0.05) is 17.6 Å². The van der Waals surface area contributed by atoms with Gasteiger partial charge >= 0.3 is 0 Å². The van der Waals surface area contributed by atoms with Crippen LogP contribution in [0.5, 0.6) is 0 Å². The number of ether oxygens (including phenoxy) is 1. The molecular formula is C11H13BrFNO. The zero-order valence-electron chi connectivity index (χ0n) is 8.30.